The first-order valence-electron chi connectivity index (χ1n) is 19.2. The van der Waals surface area contributed by atoms with Gasteiger partial charge in [-0.1, -0.05) is 147 Å². The Labute approximate surface area is 290 Å². The van der Waals surface area contributed by atoms with Gasteiger partial charge in [0.1, 0.15) is 13.2 Å². The van der Waals surface area contributed by atoms with Crippen LogP contribution in [-0.4, -0.2) is 73.4 Å². The minimum atomic E-state index is -4.33. The first kappa shape index (κ1) is 46.0. The minimum absolute atomic E-state index is 0.0576. The summed E-state index contributed by atoms with van der Waals surface area (Å²) in [4.78, 5) is 22.9. The van der Waals surface area contributed by atoms with E-state index in [1.165, 1.54) is 103 Å². The number of likely N-dealkylation sites (N-methyl/N-ethyl adjacent to an activating group) is 1. The summed E-state index contributed by atoms with van der Waals surface area (Å²) in [6, 6.07) is -0.855. The van der Waals surface area contributed by atoms with Crippen molar-refractivity contribution in [2.75, 3.05) is 40.9 Å². The lowest BCUT2D eigenvalue weighted by Crippen LogP contribution is -2.45. The van der Waals surface area contributed by atoms with Gasteiger partial charge < -0.3 is 19.8 Å². The molecule has 8 nitrogen and oxygen atoms in total. The molecule has 47 heavy (non-hydrogen) atoms. The van der Waals surface area contributed by atoms with E-state index >= 15 is 0 Å². The molecule has 0 heterocycles. The van der Waals surface area contributed by atoms with Gasteiger partial charge >= 0.3 is 7.82 Å². The Morgan fingerprint density at radius 1 is 0.702 bits per heavy atom. The second-order valence-corrected chi connectivity index (χ2v) is 15.8. The Kier molecular flexibility index (Phi) is 30.3. The van der Waals surface area contributed by atoms with E-state index in [2.05, 4.69) is 31.3 Å². The Bertz CT molecular complexity index is 829. The topological polar surface area (TPSA) is 105 Å². The van der Waals surface area contributed by atoms with Crippen LogP contribution in [0.15, 0.2) is 24.3 Å². The number of nitrogens with zero attached hydrogens (tertiary/aromatic N) is 1. The molecule has 0 spiro atoms. The molecular formula is C38H76N2O6P+. The third kappa shape index (κ3) is 33.3. The SMILES string of the molecule is CCCCCC/C=C/CC/C=C/C(O)C(COP(=O)(O)OCC[N+](C)(C)C)NC(=O)CCCCCCCCCCCCCCCCC. The number of carbonyl (C=O) groups is 1. The zero-order chi connectivity index (χ0) is 35.1. The first-order chi connectivity index (χ1) is 22.5. The Hall–Kier alpha value is -1.02. The summed E-state index contributed by atoms with van der Waals surface area (Å²) in [5, 5.41) is 13.7. The molecule has 0 saturated heterocycles. The quantitative estimate of drug-likeness (QED) is 0.0269. The molecule has 0 saturated carbocycles. The molecule has 0 aliphatic rings. The molecule has 1 amide bonds. The van der Waals surface area contributed by atoms with Crippen LogP contribution in [0.2, 0.25) is 0 Å². The van der Waals surface area contributed by atoms with Crippen molar-refractivity contribution in [2.45, 2.75) is 174 Å². The van der Waals surface area contributed by atoms with E-state index in [0.29, 0.717) is 17.4 Å². The molecule has 0 aromatic heterocycles. The summed E-state index contributed by atoms with van der Waals surface area (Å²) in [5.41, 5.74) is 0. The molecule has 0 bridgehead atoms. The molecule has 0 rings (SSSR count). The average Bonchev–Trinajstić information content (AvgIpc) is 3.01. The van der Waals surface area contributed by atoms with Crippen molar-refractivity contribution in [1.29, 1.82) is 0 Å². The number of rotatable bonds is 34. The number of phosphoric acid groups is 1. The molecule has 0 radical (unpaired) electrons. The van der Waals surface area contributed by atoms with Crippen molar-refractivity contribution in [3.05, 3.63) is 24.3 Å². The maximum Gasteiger partial charge on any atom is 0.472 e. The van der Waals surface area contributed by atoms with Crippen LogP contribution in [0.4, 0.5) is 0 Å². The molecule has 3 unspecified atom stereocenters. The summed E-state index contributed by atoms with van der Waals surface area (Å²) in [5.74, 6) is -0.189. The summed E-state index contributed by atoms with van der Waals surface area (Å²) in [6.07, 6.45) is 33.9. The Balaban J connectivity index is 4.50. The molecule has 0 fully saturated rings. The van der Waals surface area contributed by atoms with E-state index in [1.807, 2.05) is 27.2 Å². The van der Waals surface area contributed by atoms with Crippen LogP contribution in [0.5, 0.6) is 0 Å². The lowest BCUT2D eigenvalue weighted by atomic mass is 10.0. The van der Waals surface area contributed by atoms with Crippen LogP contribution < -0.4 is 5.32 Å². The standard InChI is InChI=1S/C38H75N2O6P/c1-6-8-10-12-14-16-18-19-20-21-22-24-26-28-30-32-38(42)39-36(35-46-47(43,44)45-34-33-40(3,4)5)37(41)31-29-27-25-23-17-15-13-11-9-7-2/h17,23,29,31,36-37,41H,6-16,18-22,24-28,30,32-35H2,1-5H3,(H-,39,42,43,44)/p+1/b23-17+,31-29+. The zero-order valence-corrected chi connectivity index (χ0v) is 32.2. The molecule has 0 aromatic carbocycles. The molecular weight excluding hydrogens is 611 g/mol. The lowest BCUT2D eigenvalue weighted by molar-refractivity contribution is -0.870. The maximum atomic E-state index is 12.8. The third-order valence-electron chi connectivity index (χ3n) is 8.42. The van der Waals surface area contributed by atoms with Gasteiger partial charge in [0.15, 0.2) is 0 Å². The van der Waals surface area contributed by atoms with E-state index in [-0.39, 0.29) is 19.1 Å². The monoisotopic (exact) mass is 688 g/mol. The van der Waals surface area contributed by atoms with Gasteiger partial charge in [-0.25, -0.2) is 4.57 Å². The molecule has 9 heteroatoms. The zero-order valence-electron chi connectivity index (χ0n) is 31.3. The third-order valence-corrected chi connectivity index (χ3v) is 9.41. The number of phosphoric ester groups is 1. The number of quaternary nitrogens is 1. The molecule has 0 aliphatic heterocycles. The highest BCUT2D eigenvalue weighted by Gasteiger charge is 2.27. The summed E-state index contributed by atoms with van der Waals surface area (Å²) in [7, 11) is 1.55. The van der Waals surface area contributed by atoms with Gasteiger partial charge in [-0.05, 0) is 32.1 Å². The number of hydrogen-bond acceptors (Lipinski definition) is 5. The molecule has 278 valence electrons. The van der Waals surface area contributed by atoms with Crippen LogP contribution in [-0.2, 0) is 18.4 Å². The van der Waals surface area contributed by atoms with Crippen LogP contribution >= 0.6 is 7.82 Å². The van der Waals surface area contributed by atoms with Crippen molar-refractivity contribution >= 4 is 13.7 Å². The van der Waals surface area contributed by atoms with E-state index in [1.54, 1.807) is 6.08 Å². The van der Waals surface area contributed by atoms with Crippen LogP contribution in [0.25, 0.3) is 0 Å². The highest BCUT2D eigenvalue weighted by Crippen LogP contribution is 2.43. The van der Waals surface area contributed by atoms with E-state index in [4.69, 9.17) is 9.05 Å². The molecule has 3 N–H and O–H groups in total. The smallest absolute Gasteiger partial charge is 0.387 e. The minimum Gasteiger partial charge on any atom is -0.387 e. The number of unbranched alkanes of at least 4 members (excludes halogenated alkanes) is 19. The average molecular weight is 688 g/mol. The number of hydrogen-bond donors (Lipinski definition) is 3. The van der Waals surface area contributed by atoms with E-state index in [9.17, 15) is 19.4 Å². The largest absolute Gasteiger partial charge is 0.472 e. The predicted molar refractivity (Wildman–Crippen MR) is 198 cm³/mol. The number of aliphatic hydroxyl groups is 1. The van der Waals surface area contributed by atoms with Crippen molar-refractivity contribution < 1.29 is 32.9 Å². The van der Waals surface area contributed by atoms with Gasteiger partial charge in [-0.2, -0.15) is 0 Å². The molecule has 3 atom stereocenters. The van der Waals surface area contributed by atoms with Gasteiger partial charge in [0.2, 0.25) is 5.91 Å². The van der Waals surface area contributed by atoms with Crippen LogP contribution in [0.1, 0.15) is 162 Å². The molecule has 0 aromatic rings. The van der Waals surface area contributed by atoms with Gasteiger partial charge in [0, 0.05) is 6.42 Å². The lowest BCUT2D eigenvalue weighted by Gasteiger charge is -2.25. The van der Waals surface area contributed by atoms with Crippen molar-refractivity contribution in [3.63, 3.8) is 0 Å². The van der Waals surface area contributed by atoms with Gasteiger partial charge in [-0.15, -0.1) is 0 Å². The molecule has 0 aliphatic carbocycles. The maximum absolute atomic E-state index is 12.8. The Morgan fingerprint density at radius 2 is 1.17 bits per heavy atom. The van der Waals surface area contributed by atoms with Crippen LogP contribution in [0, 0.1) is 0 Å². The van der Waals surface area contributed by atoms with Crippen molar-refractivity contribution in [2.24, 2.45) is 0 Å². The van der Waals surface area contributed by atoms with Crippen molar-refractivity contribution in [1.82, 2.24) is 5.32 Å². The first-order valence-corrected chi connectivity index (χ1v) is 20.7. The second kappa shape index (κ2) is 31.0. The Morgan fingerprint density at radius 3 is 1.70 bits per heavy atom. The fourth-order valence-corrected chi connectivity index (χ4v) is 6.03. The highest BCUT2D eigenvalue weighted by molar-refractivity contribution is 7.47. The summed E-state index contributed by atoms with van der Waals surface area (Å²) < 4.78 is 23.4. The van der Waals surface area contributed by atoms with Gasteiger partial charge in [0.25, 0.3) is 0 Å². The van der Waals surface area contributed by atoms with Gasteiger partial charge in [0.05, 0.1) is 39.9 Å². The van der Waals surface area contributed by atoms with E-state index < -0.39 is 20.0 Å². The number of carbonyl (C=O) groups excluding carboxylic acids is 1. The fraction of sp³-hybridized carbons (Fsp3) is 0.868. The van der Waals surface area contributed by atoms with Gasteiger partial charge in [-0.3, -0.25) is 13.8 Å². The highest BCUT2D eigenvalue weighted by atomic mass is 31.2. The number of nitrogens with one attached hydrogen (secondary N) is 1. The number of aliphatic hydroxyl groups excluding tert-OH is 1. The summed E-state index contributed by atoms with van der Waals surface area (Å²) >= 11 is 0. The fourth-order valence-electron chi connectivity index (χ4n) is 5.29. The second-order valence-electron chi connectivity index (χ2n) is 14.3. The van der Waals surface area contributed by atoms with Crippen LogP contribution in [0.3, 0.4) is 0 Å². The normalized spacial score (nSPS) is 15.0. The van der Waals surface area contributed by atoms with E-state index in [0.717, 1.165) is 38.5 Å². The predicted octanol–water partition coefficient (Wildman–Crippen LogP) is 9.80. The summed E-state index contributed by atoms with van der Waals surface area (Å²) in [6.45, 7) is 4.74. The van der Waals surface area contributed by atoms with Crippen molar-refractivity contribution in [3.8, 4) is 0 Å². The number of allylic oxidation sites excluding steroid dienone is 3. The number of amides is 1.